The molecule has 158 valence electrons. The second-order valence-corrected chi connectivity index (χ2v) is 9.32. The van der Waals surface area contributed by atoms with Crippen molar-refractivity contribution < 1.29 is 22.7 Å². The van der Waals surface area contributed by atoms with Gasteiger partial charge in [0.05, 0.1) is 28.6 Å². The first kappa shape index (κ1) is 21.9. The summed E-state index contributed by atoms with van der Waals surface area (Å²) in [6, 6.07) is 9.73. The van der Waals surface area contributed by atoms with Gasteiger partial charge in [0.25, 0.3) is 5.91 Å². The number of ether oxygens (including phenoxy) is 1. The van der Waals surface area contributed by atoms with Gasteiger partial charge in [-0.05, 0) is 55.3 Å². The van der Waals surface area contributed by atoms with Gasteiger partial charge in [-0.3, -0.25) is 9.59 Å². The lowest BCUT2D eigenvalue weighted by molar-refractivity contribution is -0.140. The number of esters is 1. The SMILES string of the molecule is COC(=O)CCn1c(=NC(=O)c2ccc(C)c(C)c2)sc2cc(S(N)(=O)=O)ccc21. The molecule has 0 unspecified atom stereocenters. The van der Waals surface area contributed by atoms with Gasteiger partial charge in [0, 0.05) is 12.1 Å². The highest BCUT2D eigenvalue weighted by molar-refractivity contribution is 7.89. The fraction of sp³-hybridized carbons (Fsp3) is 0.250. The van der Waals surface area contributed by atoms with Crippen molar-refractivity contribution in [2.24, 2.45) is 10.1 Å². The third-order valence-electron chi connectivity index (χ3n) is 4.70. The van der Waals surface area contributed by atoms with Gasteiger partial charge in [0.1, 0.15) is 0 Å². The number of aryl methyl sites for hydroxylation is 3. The molecule has 0 aliphatic carbocycles. The fourth-order valence-corrected chi connectivity index (χ4v) is 4.57. The van der Waals surface area contributed by atoms with E-state index in [0.717, 1.165) is 22.5 Å². The van der Waals surface area contributed by atoms with E-state index in [-0.39, 0.29) is 17.9 Å². The molecule has 10 heteroatoms. The maximum absolute atomic E-state index is 12.7. The molecule has 0 saturated carbocycles. The van der Waals surface area contributed by atoms with E-state index in [0.29, 0.717) is 20.6 Å². The minimum absolute atomic E-state index is 0.0385. The minimum atomic E-state index is -3.88. The summed E-state index contributed by atoms with van der Waals surface area (Å²) in [6.45, 7) is 4.09. The van der Waals surface area contributed by atoms with E-state index < -0.39 is 21.9 Å². The number of fused-ring (bicyclic) bond motifs is 1. The topological polar surface area (TPSA) is 121 Å². The van der Waals surface area contributed by atoms with Crippen LogP contribution in [0.2, 0.25) is 0 Å². The van der Waals surface area contributed by atoms with Crippen LogP contribution in [-0.2, 0) is 26.1 Å². The standard InChI is InChI=1S/C20H21N3O5S2/c1-12-4-5-14(10-13(12)2)19(25)22-20-23(9-8-18(24)28-3)16-7-6-15(30(21,26)27)11-17(16)29-20/h4-7,10-11H,8-9H2,1-3H3,(H2,21,26,27). The van der Waals surface area contributed by atoms with Gasteiger partial charge in [-0.25, -0.2) is 13.6 Å². The number of amides is 1. The molecule has 3 aromatic rings. The smallest absolute Gasteiger partial charge is 0.307 e. The highest BCUT2D eigenvalue weighted by atomic mass is 32.2. The zero-order chi connectivity index (χ0) is 22.1. The van der Waals surface area contributed by atoms with E-state index in [2.05, 4.69) is 4.99 Å². The van der Waals surface area contributed by atoms with Crippen molar-refractivity contribution in [3.63, 3.8) is 0 Å². The Bertz CT molecular complexity index is 1320. The first-order chi connectivity index (χ1) is 14.1. The Balaban J connectivity index is 2.14. The van der Waals surface area contributed by atoms with Gasteiger partial charge < -0.3 is 9.30 Å². The quantitative estimate of drug-likeness (QED) is 0.602. The van der Waals surface area contributed by atoms with Gasteiger partial charge >= 0.3 is 5.97 Å². The number of nitrogens with zero attached hydrogens (tertiary/aromatic N) is 2. The molecular weight excluding hydrogens is 426 g/mol. The summed E-state index contributed by atoms with van der Waals surface area (Å²) in [5, 5.41) is 5.22. The van der Waals surface area contributed by atoms with Crippen LogP contribution in [-0.4, -0.2) is 32.0 Å². The van der Waals surface area contributed by atoms with Crippen molar-refractivity contribution in [2.75, 3.05) is 7.11 Å². The van der Waals surface area contributed by atoms with Crippen LogP contribution in [0, 0.1) is 13.8 Å². The third kappa shape index (κ3) is 4.66. The zero-order valence-corrected chi connectivity index (χ0v) is 18.3. The number of carbonyl (C=O) groups excluding carboxylic acids is 2. The number of hydrogen-bond acceptors (Lipinski definition) is 6. The number of rotatable bonds is 5. The first-order valence-electron chi connectivity index (χ1n) is 8.99. The van der Waals surface area contributed by atoms with Crippen molar-refractivity contribution in [2.45, 2.75) is 31.7 Å². The van der Waals surface area contributed by atoms with Gasteiger partial charge in [0.15, 0.2) is 4.80 Å². The lowest BCUT2D eigenvalue weighted by atomic mass is 10.1. The van der Waals surface area contributed by atoms with Crippen LogP contribution >= 0.6 is 11.3 Å². The molecule has 2 aromatic carbocycles. The molecule has 0 bridgehead atoms. The second-order valence-electron chi connectivity index (χ2n) is 6.75. The average molecular weight is 448 g/mol. The predicted octanol–water partition coefficient (Wildman–Crippen LogP) is 2.27. The fourth-order valence-electron chi connectivity index (χ4n) is 2.86. The molecule has 0 atom stereocenters. The van der Waals surface area contributed by atoms with Crippen LogP contribution in [0.1, 0.15) is 27.9 Å². The highest BCUT2D eigenvalue weighted by Gasteiger charge is 2.15. The summed E-state index contributed by atoms with van der Waals surface area (Å²) < 4.78 is 30.3. The summed E-state index contributed by atoms with van der Waals surface area (Å²) in [6.07, 6.45) is 0.0737. The van der Waals surface area contributed by atoms with Gasteiger partial charge in [-0.1, -0.05) is 17.4 Å². The maximum atomic E-state index is 12.7. The molecule has 0 fully saturated rings. The summed E-state index contributed by atoms with van der Waals surface area (Å²) in [5.41, 5.74) is 3.13. The molecule has 3 rings (SSSR count). The van der Waals surface area contributed by atoms with Crippen LogP contribution < -0.4 is 9.94 Å². The van der Waals surface area contributed by atoms with E-state index in [1.54, 1.807) is 22.8 Å². The minimum Gasteiger partial charge on any atom is -0.469 e. The Morgan fingerprint density at radius 1 is 1.13 bits per heavy atom. The molecule has 30 heavy (non-hydrogen) atoms. The molecule has 1 aromatic heterocycles. The largest absolute Gasteiger partial charge is 0.469 e. The molecule has 0 aliphatic heterocycles. The van der Waals surface area contributed by atoms with Crippen molar-refractivity contribution in [1.29, 1.82) is 0 Å². The number of hydrogen-bond donors (Lipinski definition) is 1. The molecule has 8 nitrogen and oxygen atoms in total. The number of primary sulfonamides is 1. The number of methoxy groups -OCH3 is 1. The zero-order valence-electron chi connectivity index (χ0n) is 16.7. The Labute approximate surface area is 177 Å². The molecule has 1 amide bonds. The van der Waals surface area contributed by atoms with Gasteiger partial charge in [0.2, 0.25) is 10.0 Å². The van der Waals surface area contributed by atoms with Gasteiger partial charge in [-0.2, -0.15) is 4.99 Å². The number of aromatic nitrogens is 1. The maximum Gasteiger partial charge on any atom is 0.307 e. The monoisotopic (exact) mass is 447 g/mol. The van der Waals surface area contributed by atoms with E-state index in [1.165, 1.54) is 19.2 Å². The first-order valence-corrected chi connectivity index (χ1v) is 11.4. The summed E-state index contributed by atoms with van der Waals surface area (Å²) >= 11 is 1.15. The molecular formula is C20H21N3O5S2. The van der Waals surface area contributed by atoms with Crippen LogP contribution in [0.4, 0.5) is 0 Å². The molecule has 2 N–H and O–H groups in total. The number of thiazole rings is 1. The summed E-state index contributed by atoms with van der Waals surface area (Å²) in [7, 11) is -2.58. The Morgan fingerprint density at radius 2 is 1.87 bits per heavy atom. The normalized spacial score (nSPS) is 12.3. The number of sulfonamides is 1. The van der Waals surface area contributed by atoms with E-state index in [9.17, 15) is 18.0 Å². The van der Waals surface area contributed by atoms with Crippen molar-refractivity contribution in [1.82, 2.24) is 4.57 Å². The molecule has 0 radical (unpaired) electrons. The van der Waals surface area contributed by atoms with Crippen LogP contribution in [0.5, 0.6) is 0 Å². The van der Waals surface area contributed by atoms with E-state index >= 15 is 0 Å². The molecule has 0 aliphatic rings. The van der Waals surface area contributed by atoms with Crippen LogP contribution in [0.15, 0.2) is 46.3 Å². The van der Waals surface area contributed by atoms with Crippen LogP contribution in [0.25, 0.3) is 10.2 Å². The number of carbonyl (C=O) groups is 2. The van der Waals surface area contributed by atoms with Crippen LogP contribution in [0.3, 0.4) is 0 Å². The molecule has 0 saturated heterocycles. The summed E-state index contributed by atoms with van der Waals surface area (Å²) in [4.78, 5) is 28.9. The molecule has 0 spiro atoms. The van der Waals surface area contributed by atoms with Crippen molar-refractivity contribution >= 4 is 43.5 Å². The van der Waals surface area contributed by atoms with E-state index in [4.69, 9.17) is 9.88 Å². The Hall–Kier alpha value is -2.82. The summed E-state index contributed by atoms with van der Waals surface area (Å²) in [5.74, 6) is -0.836. The molecule has 1 heterocycles. The third-order valence-corrected chi connectivity index (χ3v) is 6.65. The average Bonchev–Trinajstić information content (AvgIpc) is 3.03. The predicted molar refractivity (Wildman–Crippen MR) is 114 cm³/mol. The lowest BCUT2D eigenvalue weighted by Gasteiger charge is -2.05. The Morgan fingerprint density at radius 3 is 2.50 bits per heavy atom. The van der Waals surface area contributed by atoms with Crippen molar-refractivity contribution in [3.05, 3.63) is 57.9 Å². The lowest BCUT2D eigenvalue weighted by Crippen LogP contribution is -2.19. The van der Waals surface area contributed by atoms with Gasteiger partial charge in [-0.15, -0.1) is 0 Å². The number of benzene rings is 2. The second kappa shape index (κ2) is 8.50. The highest BCUT2D eigenvalue weighted by Crippen LogP contribution is 2.22. The van der Waals surface area contributed by atoms with Crippen molar-refractivity contribution in [3.8, 4) is 0 Å². The number of nitrogens with two attached hydrogens (primary N) is 1. The Kier molecular flexibility index (Phi) is 6.20. The van der Waals surface area contributed by atoms with E-state index in [1.807, 2.05) is 19.9 Å².